The van der Waals surface area contributed by atoms with E-state index in [1.807, 2.05) is 6.07 Å². The fourth-order valence-corrected chi connectivity index (χ4v) is 6.30. The first-order valence-electron chi connectivity index (χ1n) is 13.7. The first-order valence-corrected chi connectivity index (χ1v) is 13.7. The van der Waals surface area contributed by atoms with Gasteiger partial charge in [0.1, 0.15) is 29.9 Å². The molecule has 5 heterocycles. The van der Waals surface area contributed by atoms with E-state index < -0.39 is 41.4 Å². The van der Waals surface area contributed by atoms with E-state index in [2.05, 4.69) is 49.8 Å². The molecule has 4 atom stereocenters. The topological polar surface area (TPSA) is 226 Å². The zero-order valence-corrected chi connectivity index (χ0v) is 23.5. The molecule has 1 spiro atoms. The Morgan fingerprint density at radius 1 is 1.19 bits per heavy atom. The largest absolute Gasteiger partial charge is 0.492 e. The maximum absolute atomic E-state index is 13.6. The predicted molar refractivity (Wildman–Crippen MR) is 150 cm³/mol. The third-order valence-corrected chi connectivity index (χ3v) is 8.58. The molecule has 9 N–H and O–H groups in total. The van der Waals surface area contributed by atoms with Crippen LogP contribution >= 0.6 is 0 Å². The van der Waals surface area contributed by atoms with Crippen LogP contribution in [0.2, 0.25) is 0 Å². The Bertz CT molecular complexity index is 1520. The second-order valence-corrected chi connectivity index (χ2v) is 11.7. The SMILES string of the molecule is Cc1cc(C(=O)NC[C@@H]2N=C(N)N3C[C@H](NC(=O)c4cccc5c4OCCC5(C)C)C(O)(O)[C@@]34NC(N)=N[C@@H]24)ncn1. The summed E-state index contributed by atoms with van der Waals surface area (Å²) in [5, 5.41) is 31.9. The van der Waals surface area contributed by atoms with E-state index in [-0.39, 0.29) is 41.7 Å². The van der Waals surface area contributed by atoms with Crippen LogP contribution in [0.15, 0.2) is 40.6 Å². The van der Waals surface area contributed by atoms with E-state index in [1.54, 1.807) is 19.1 Å². The van der Waals surface area contributed by atoms with Gasteiger partial charge in [-0.3, -0.25) is 9.59 Å². The smallest absolute Gasteiger partial charge is 0.270 e. The lowest BCUT2D eigenvalue weighted by molar-refractivity contribution is -0.230. The molecular weight excluding hydrogens is 544 g/mol. The lowest BCUT2D eigenvalue weighted by Crippen LogP contribution is -2.78. The van der Waals surface area contributed by atoms with Crippen molar-refractivity contribution in [2.24, 2.45) is 21.5 Å². The number of aryl methyl sites for hydroxylation is 1. The fourth-order valence-electron chi connectivity index (χ4n) is 6.30. The van der Waals surface area contributed by atoms with Gasteiger partial charge < -0.3 is 47.3 Å². The molecule has 15 nitrogen and oxygen atoms in total. The molecule has 1 fully saturated rings. The molecule has 0 unspecified atom stereocenters. The van der Waals surface area contributed by atoms with Crippen LogP contribution in [0.1, 0.15) is 52.4 Å². The average molecular weight is 579 g/mol. The van der Waals surface area contributed by atoms with Crippen LogP contribution in [-0.4, -0.2) is 98.1 Å². The number of hydrogen-bond donors (Lipinski definition) is 7. The van der Waals surface area contributed by atoms with Crippen molar-refractivity contribution in [1.82, 2.24) is 30.8 Å². The Balaban J connectivity index is 1.26. The van der Waals surface area contributed by atoms with Crippen molar-refractivity contribution < 1.29 is 24.5 Å². The van der Waals surface area contributed by atoms with Crippen LogP contribution in [-0.2, 0) is 5.41 Å². The van der Waals surface area contributed by atoms with Gasteiger partial charge in [-0.25, -0.2) is 20.0 Å². The Morgan fingerprint density at radius 2 is 1.98 bits per heavy atom. The van der Waals surface area contributed by atoms with E-state index in [0.29, 0.717) is 18.1 Å². The number of benzene rings is 1. The summed E-state index contributed by atoms with van der Waals surface area (Å²) in [6.45, 7) is 6.20. The minimum absolute atomic E-state index is 0.0350. The third-order valence-electron chi connectivity index (χ3n) is 8.58. The summed E-state index contributed by atoms with van der Waals surface area (Å²) >= 11 is 0. The Hall–Kier alpha value is -4.50. The van der Waals surface area contributed by atoms with E-state index in [4.69, 9.17) is 16.2 Å². The Kier molecular flexibility index (Phi) is 6.27. The molecule has 0 radical (unpaired) electrons. The molecule has 222 valence electrons. The number of carbonyl (C=O) groups is 2. The normalized spacial score (nSPS) is 28.2. The summed E-state index contributed by atoms with van der Waals surface area (Å²) in [4.78, 5) is 44.7. The van der Waals surface area contributed by atoms with E-state index in [0.717, 1.165) is 12.0 Å². The molecule has 4 aliphatic heterocycles. The maximum atomic E-state index is 13.6. The number of para-hydroxylation sites is 1. The van der Waals surface area contributed by atoms with Crippen molar-refractivity contribution in [2.45, 2.75) is 62.2 Å². The molecular formula is C27H34N10O5. The summed E-state index contributed by atoms with van der Waals surface area (Å²) in [6, 6.07) is 3.84. The van der Waals surface area contributed by atoms with Crippen molar-refractivity contribution in [1.29, 1.82) is 0 Å². The van der Waals surface area contributed by atoms with Gasteiger partial charge in [-0.2, -0.15) is 0 Å². The Labute approximate surface area is 241 Å². The highest BCUT2D eigenvalue weighted by Crippen LogP contribution is 2.45. The monoisotopic (exact) mass is 578 g/mol. The van der Waals surface area contributed by atoms with Gasteiger partial charge in [0.15, 0.2) is 17.6 Å². The van der Waals surface area contributed by atoms with Crippen LogP contribution < -0.4 is 32.2 Å². The van der Waals surface area contributed by atoms with Gasteiger partial charge in [-0.05, 0) is 30.9 Å². The van der Waals surface area contributed by atoms with E-state index >= 15 is 0 Å². The van der Waals surface area contributed by atoms with E-state index in [9.17, 15) is 19.8 Å². The number of aliphatic hydroxyl groups is 2. The van der Waals surface area contributed by atoms with Gasteiger partial charge in [0.05, 0.1) is 18.2 Å². The number of carbonyl (C=O) groups excluding carboxylic acids is 2. The quantitative estimate of drug-likeness (QED) is 0.193. The molecule has 2 amide bonds. The molecule has 1 aromatic carbocycles. The zero-order valence-electron chi connectivity index (χ0n) is 23.5. The number of aliphatic imine (C=N–C) groups is 2. The van der Waals surface area contributed by atoms with E-state index in [1.165, 1.54) is 17.3 Å². The number of nitrogens with two attached hydrogens (primary N) is 2. The molecule has 0 bridgehead atoms. The minimum atomic E-state index is -2.63. The molecule has 0 aliphatic carbocycles. The van der Waals surface area contributed by atoms with Gasteiger partial charge in [0, 0.05) is 24.3 Å². The van der Waals surface area contributed by atoms with Crippen LogP contribution in [0, 0.1) is 6.92 Å². The summed E-state index contributed by atoms with van der Waals surface area (Å²) in [5.74, 6) is -3.26. The number of hydrogen-bond acceptors (Lipinski definition) is 13. The van der Waals surface area contributed by atoms with Gasteiger partial charge in [0.2, 0.25) is 5.79 Å². The van der Waals surface area contributed by atoms with Crippen LogP contribution in [0.3, 0.4) is 0 Å². The summed E-state index contributed by atoms with van der Waals surface area (Å²) in [5.41, 5.74) is 12.4. The predicted octanol–water partition coefficient (Wildman–Crippen LogP) is -1.95. The molecule has 15 heteroatoms. The summed E-state index contributed by atoms with van der Waals surface area (Å²) in [7, 11) is 0. The van der Waals surface area contributed by atoms with Crippen LogP contribution in [0.25, 0.3) is 0 Å². The highest BCUT2D eigenvalue weighted by atomic mass is 16.5. The highest BCUT2D eigenvalue weighted by Gasteiger charge is 2.73. The van der Waals surface area contributed by atoms with Crippen molar-refractivity contribution in [3.8, 4) is 5.75 Å². The van der Waals surface area contributed by atoms with Crippen molar-refractivity contribution in [2.75, 3.05) is 19.7 Å². The number of fused-ring (bicyclic) bond motifs is 1. The van der Waals surface area contributed by atoms with Gasteiger partial charge in [-0.1, -0.05) is 26.0 Å². The molecule has 1 saturated heterocycles. The second-order valence-electron chi connectivity index (χ2n) is 11.7. The Morgan fingerprint density at radius 3 is 2.74 bits per heavy atom. The molecule has 1 aromatic heterocycles. The highest BCUT2D eigenvalue weighted by molar-refractivity contribution is 5.98. The molecule has 42 heavy (non-hydrogen) atoms. The number of amides is 2. The first kappa shape index (κ1) is 27.7. The van der Waals surface area contributed by atoms with Gasteiger partial charge in [-0.15, -0.1) is 0 Å². The number of nitrogens with zero attached hydrogens (tertiary/aromatic N) is 5. The molecule has 2 aromatic rings. The number of guanidine groups is 2. The molecule has 0 saturated carbocycles. The summed E-state index contributed by atoms with van der Waals surface area (Å²) < 4.78 is 5.90. The number of ether oxygens (including phenoxy) is 1. The summed E-state index contributed by atoms with van der Waals surface area (Å²) in [6.07, 6.45) is 2.09. The third kappa shape index (κ3) is 4.10. The van der Waals surface area contributed by atoms with Crippen molar-refractivity contribution in [3.63, 3.8) is 0 Å². The average Bonchev–Trinajstić information content (AvgIpc) is 3.40. The first-order chi connectivity index (χ1) is 19.8. The number of nitrogens with one attached hydrogen (secondary N) is 3. The van der Waals surface area contributed by atoms with Crippen LogP contribution in [0.5, 0.6) is 5.75 Å². The molecule has 4 aliphatic rings. The van der Waals surface area contributed by atoms with Crippen LogP contribution in [0.4, 0.5) is 0 Å². The lowest BCUT2D eigenvalue weighted by Gasteiger charge is -2.49. The number of rotatable bonds is 5. The minimum Gasteiger partial charge on any atom is -0.492 e. The zero-order chi connectivity index (χ0) is 30.0. The van der Waals surface area contributed by atoms with Gasteiger partial charge in [0.25, 0.3) is 11.8 Å². The lowest BCUT2D eigenvalue weighted by atomic mass is 9.79. The second kappa shape index (κ2) is 9.52. The van der Waals surface area contributed by atoms with Gasteiger partial charge >= 0.3 is 0 Å². The van der Waals surface area contributed by atoms with Crippen molar-refractivity contribution >= 4 is 23.7 Å². The van der Waals surface area contributed by atoms with Crippen molar-refractivity contribution in [3.05, 3.63) is 53.1 Å². The maximum Gasteiger partial charge on any atom is 0.270 e. The fraction of sp³-hybridized carbons (Fsp3) is 0.481. The molecule has 6 rings (SSSR count). The number of aromatic nitrogens is 2. The standard InChI is InChI=1S/C27H34N10O5/c1-13-9-16(32-12-31-13)22(39)30-10-17-20-26(36-23(28)35-20)27(40,41)18(11-37(26)24(29)33-17)34-21(38)14-5-4-6-15-19(14)42-8-7-25(15,2)3/h4-6,9,12,17-18,20,40-41H,7-8,10-11H2,1-3H3,(H2,29,33)(H,30,39)(H,34,38)(H3,28,35,36)/t17-,18-,20-,26-/m0/s1.